The summed E-state index contributed by atoms with van der Waals surface area (Å²) >= 11 is 0. The van der Waals surface area contributed by atoms with Crippen LogP contribution in [0.2, 0.25) is 0 Å². The van der Waals surface area contributed by atoms with E-state index < -0.39 is 0 Å². The molecule has 80 valence electrons. The largest absolute Gasteiger partial charge is 0.423 e. The van der Waals surface area contributed by atoms with Crippen LogP contribution in [0.5, 0.6) is 0 Å². The number of nitrogens with zero attached hydrogens (tertiary/aromatic N) is 3. The summed E-state index contributed by atoms with van der Waals surface area (Å²) in [5.41, 5.74) is 9.75. The number of benzene rings is 1. The van der Waals surface area contributed by atoms with E-state index in [1.54, 1.807) is 18.2 Å². The highest BCUT2D eigenvalue weighted by Gasteiger charge is 2.04. The quantitative estimate of drug-likeness (QED) is 0.333. The van der Waals surface area contributed by atoms with E-state index in [9.17, 15) is 4.79 Å². The molecule has 1 heterocycles. The van der Waals surface area contributed by atoms with Crippen LogP contribution in [0.3, 0.4) is 0 Å². The van der Waals surface area contributed by atoms with Gasteiger partial charge in [-0.2, -0.15) is 0 Å². The monoisotopic (exact) mass is 215 g/mol. The Morgan fingerprint density at radius 2 is 2.25 bits per heavy atom. The van der Waals surface area contributed by atoms with Gasteiger partial charge in [0.15, 0.2) is 0 Å². The Bertz CT molecular complexity index is 639. The molecule has 0 unspecified atom stereocenters. The Hall–Kier alpha value is -2.26. The summed E-state index contributed by atoms with van der Waals surface area (Å²) in [6, 6.07) is 6.54. The fraction of sp³-hybridized carbons (Fsp3) is 0.182. The van der Waals surface area contributed by atoms with E-state index in [2.05, 4.69) is 10.0 Å². The smallest absolute Gasteiger partial charge is 0.336 e. The maximum atomic E-state index is 11.3. The Labute approximate surface area is 90.9 Å². The van der Waals surface area contributed by atoms with Gasteiger partial charge in [0.25, 0.3) is 0 Å². The second-order valence-electron chi connectivity index (χ2n) is 3.31. The van der Waals surface area contributed by atoms with Crippen molar-refractivity contribution in [2.24, 2.45) is 5.11 Å². The van der Waals surface area contributed by atoms with Crippen molar-refractivity contribution < 1.29 is 4.42 Å². The molecule has 0 aliphatic heterocycles. The van der Waals surface area contributed by atoms with Crippen molar-refractivity contribution in [2.45, 2.75) is 13.3 Å². The minimum atomic E-state index is -0.387. The molecule has 0 spiro atoms. The summed E-state index contributed by atoms with van der Waals surface area (Å²) in [7, 11) is 0. The summed E-state index contributed by atoms with van der Waals surface area (Å²) in [6.45, 7) is 1.97. The van der Waals surface area contributed by atoms with Gasteiger partial charge in [0.05, 0.1) is 0 Å². The lowest BCUT2D eigenvalue weighted by Gasteiger charge is -2.02. The molecule has 2 aromatic rings. The summed E-state index contributed by atoms with van der Waals surface area (Å²) in [5, 5.41) is 4.33. The lowest BCUT2D eigenvalue weighted by Crippen LogP contribution is -1.99. The van der Waals surface area contributed by atoms with Crippen LogP contribution >= 0.6 is 0 Å². The maximum Gasteiger partial charge on any atom is 0.336 e. The summed E-state index contributed by atoms with van der Waals surface area (Å²) < 4.78 is 5.05. The van der Waals surface area contributed by atoms with E-state index in [-0.39, 0.29) is 5.63 Å². The molecule has 1 aromatic carbocycles. The molecule has 0 saturated heterocycles. The van der Waals surface area contributed by atoms with Crippen molar-refractivity contribution in [1.82, 2.24) is 0 Å². The van der Waals surface area contributed by atoms with Crippen molar-refractivity contribution in [2.75, 3.05) is 0 Å². The van der Waals surface area contributed by atoms with E-state index in [0.29, 0.717) is 11.3 Å². The zero-order valence-electron chi connectivity index (χ0n) is 8.67. The Morgan fingerprint density at radius 3 is 2.94 bits per heavy atom. The van der Waals surface area contributed by atoms with Crippen LogP contribution in [0.4, 0.5) is 5.69 Å². The number of hydrogen-bond acceptors (Lipinski definition) is 3. The molecule has 0 N–H and O–H groups in total. The minimum absolute atomic E-state index is 0.387. The molecule has 16 heavy (non-hydrogen) atoms. The third kappa shape index (κ3) is 1.76. The standard InChI is InChI=1S/C11H9N3O2/c1-2-7-5-11(15)16-10-6-8(13-14-12)3-4-9(7)10/h3-6H,2H2,1H3. The molecule has 0 saturated carbocycles. The van der Waals surface area contributed by atoms with Crippen LogP contribution in [-0.4, -0.2) is 0 Å². The first-order valence-electron chi connectivity index (χ1n) is 4.86. The second kappa shape index (κ2) is 4.08. The lowest BCUT2D eigenvalue weighted by molar-refractivity contribution is 0.559. The summed E-state index contributed by atoms with van der Waals surface area (Å²) in [6.07, 6.45) is 0.753. The van der Waals surface area contributed by atoms with E-state index in [4.69, 9.17) is 9.95 Å². The molecule has 0 fully saturated rings. The normalized spacial score (nSPS) is 10.1. The first-order chi connectivity index (χ1) is 7.74. The first-order valence-corrected chi connectivity index (χ1v) is 4.86. The first kappa shape index (κ1) is 10.3. The Balaban J connectivity index is 2.78. The number of azide groups is 1. The number of aryl methyl sites for hydroxylation is 1. The van der Waals surface area contributed by atoms with Gasteiger partial charge in [0, 0.05) is 22.1 Å². The topological polar surface area (TPSA) is 79.0 Å². The third-order valence-electron chi connectivity index (χ3n) is 2.35. The predicted octanol–water partition coefficient (Wildman–Crippen LogP) is 3.30. The van der Waals surface area contributed by atoms with Crippen molar-refractivity contribution in [3.63, 3.8) is 0 Å². The highest BCUT2D eigenvalue weighted by molar-refractivity contribution is 5.82. The zero-order chi connectivity index (χ0) is 11.5. The molecule has 0 radical (unpaired) electrons. The molecule has 0 atom stereocenters. The lowest BCUT2D eigenvalue weighted by atomic mass is 10.1. The molecule has 0 bridgehead atoms. The molecule has 2 rings (SSSR count). The van der Waals surface area contributed by atoms with E-state index in [0.717, 1.165) is 17.4 Å². The van der Waals surface area contributed by atoms with Gasteiger partial charge in [-0.15, -0.1) is 0 Å². The average molecular weight is 215 g/mol. The minimum Gasteiger partial charge on any atom is -0.423 e. The highest BCUT2D eigenvalue weighted by Crippen LogP contribution is 2.23. The zero-order valence-corrected chi connectivity index (χ0v) is 8.67. The van der Waals surface area contributed by atoms with Gasteiger partial charge in [0.1, 0.15) is 5.58 Å². The predicted molar refractivity (Wildman–Crippen MR) is 60.7 cm³/mol. The molecule has 0 amide bonds. The summed E-state index contributed by atoms with van der Waals surface area (Å²) in [4.78, 5) is 13.9. The van der Waals surface area contributed by atoms with E-state index >= 15 is 0 Å². The van der Waals surface area contributed by atoms with Crippen LogP contribution in [0.25, 0.3) is 21.4 Å². The van der Waals surface area contributed by atoms with Crippen molar-refractivity contribution in [3.8, 4) is 0 Å². The van der Waals surface area contributed by atoms with Crippen molar-refractivity contribution >= 4 is 16.7 Å². The Kier molecular flexibility index (Phi) is 2.62. The van der Waals surface area contributed by atoms with E-state index in [1.165, 1.54) is 6.07 Å². The highest BCUT2D eigenvalue weighted by atomic mass is 16.4. The fourth-order valence-electron chi connectivity index (χ4n) is 1.62. The van der Waals surface area contributed by atoms with Gasteiger partial charge in [-0.1, -0.05) is 24.2 Å². The SMILES string of the molecule is CCc1cc(=O)oc2cc(N=[N+]=[N-])ccc12. The van der Waals surface area contributed by atoms with Crippen LogP contribution in [-0.2, 0) is 6.42 Å². The van der Waals surface area contributed by atoms with Gasteiger partial charge in [-0.25, -0.2) is 4.79 Å². The molecular weight excluding hydrogens is 206 g/mol. The number of fused-ring (bicyclic) bond motifs is 1. The van der Waals surface area contributed by atoms with Crippen LogP contribution < -0.4 is 5.63 Å². The molecule has 0 aliphatic carbocycles. The fourth-order valence-corrected chi connectivity index (χ4v) is 1.62. The third-order valence-corrected chi connectivity index (χ3v) is 2.35. The molecule has 1 aromatic heterocycles. The number of rotatable bonds is 2. The summed E-state index contributed by atoms with van der Waals surface area (Å²) in [5.74, 6) is 0. The van der Waals surface area contributed by atoms with Crippen LogP contribution in [0.1, 0.15) is 12.5 Å². The van der Waals surface area contributed by atoms with Crippen molar-refractivity contribution in [1.29, 1.82) is 0 Å². The van der Waals surface area contributed by atoms with Gasteiger partial charge < -0.3 is 4.42 Å². The van der Waals surface area contributed by atoms with Crippen LogP contribution in [0, 0.1) is 0 Å². The van der Waals surface area contributed by atoms with Gasteiger partial charge >= 0.3 is 5.63 Å². The number of hydrogen-bond donors (Lipinski definition) is 0. The molecular formula is C11H9N3O2. The molecule has 0 aliphatic rings. The van der Waals surface area contributed by atoms with Crippen LogP contribution in [0.15, 0.2) is 38.6 Å². The maximum absolute atomic E-state index is 11.3. The van der Waals surface area contributed by atoms with Crippen molar-refractivity contribution in [3.05, 3.63) is 50.7 Å². The van der Waals surface area contributed by atoms with Gasteiger partial charge in [-0.05, 0) is 23.6 Å². The van der Waals surface area contributed by atoms with E-state index in [1.807, 2.05) is 6.92 Å². The molecule has 5 heteroatoms. The van der Waals surface area contributed by atoms with Gasteiger partial charge in [-0.3, -0.25) is 0 Å². The second-order valence-corrected chi connectivity index (χ2v) is 3.31. The molecule has 5 nitrogen and oxygen atoms in total. The van der Waals surface area contributed by atoms with Gasteiger partial charge in [0.2, 0.25) is 0 Å². The Morgan fingerprint density at radius 1 is 1.44 bits per heavy atom. The average Bonchev–Trinajstić information content (AvgIpc) is 2.27.